The zero-order valence-electron chi connectivity index (χ0n) is 15.1. The molecule has 0 aromatic heterocycles. The Hall–Kier alpha value is -0.440. The number of hydrogen-bond donors (Lipinski definition) is 0. The molecule has 0 fully saturated rings. The van der Waals surface area contributed by atoms with Gasteiger partial charge in [0.25, 0.3) is 0 Å². The SMILES string of the molecule is [CH2]CCCCC#CCCCCCCCCCCCCCC[CH2]. The highest BCUT2D eigenvalue weighted by atomic mass is 14.0. The van der Waals surface area contributed by atoms with E-state index in [0.717, 1.165) is 25.7 Å². The second kappa shape index (κ2) is 20.6. The number of unbranched alkanes of at least 4 members (excludes halogenated alkanes) is 16. The van der Waals surface area contributed by atoms with Gasteiger partial charge in [-0.25, -0.2) is 0 Å². The molecule has 0 aromatic rings. The van der Waals surface area contributed by atoms with E-state index in [-0.39, 0.29) is 0 Å². The van der Waals surface area contributed by atoms with Gasteiger partial charge in [-0.1, -0.05) is 104 Å². The van der Waals surface area contributed by atoms with Gasteiger partial charge in [-0.05, 0) is 12.8 Å². The Bertz CT molecular complexity index is 242. The Kier molecular flexibility index (Phi) is 20.1. The number of hydrogen-bond acceptors (Lipinski definition) is 0. The predicted molar refractivity (Wildman–Crippen MR) is 102 cm³/mol. The van der Waals surface area contributed by atoms with Crippen molar-refractivity contribution < 1.29 is 0 Å². The molecule has 0 aliphatic rings. The molecule has 0 saturated carbocycles. The van der Waals surface area contributed by atoms with E-state index in [2.05, 4.69) is 25.7 Å². The van der Waals surface area contributed by atoms with Crippen LogP contribution in [0.15, 0.2) is 0 Å². The van der Waals surface area contributed by atoms with Gasteiger partial charge in [0.15, 0.2) is 0 Å². The van der Waals surface area contributed by atoms with Gasteiger partial charge in [0, 0.05) is 12.8 Å². The van der Waals surface area contributed by atoms with Crippen molar-refractivity contribution in [2.24, 2.45) is 0 Å². The van der Waals surface area contributed by atoms with Crippen LogP contribution in [-0.2, 0) is 0 Å². The zero-order chi connectivity index (χ0) is 16.1. The van der Waals surface area contributed by atoms with E-state index in [1.165, 1.54) is 89.9 Å². The van der Waals surface area contributed by atoms with Crippen molar-refractivity contribution in [2.45, 2.75) is 116 Å². The fourth-order valence-electron chi connectivity index (χ4n) is 2.72. The Morgan fingerprint density at radius 1 is 0.364 bits per heavy atom. The molecule has 0 saturated heterocycles. The highest BCUT2D eigenvalue weighted by Gasteiger charge is 1.93. The Balaban J connectivity index is 3.02. The van der Waals surface area contributed by atoms with Gasteiger partial charge in [0.2, 0.25) is 0 Å². The lowest BCUT2D eigenvalue weighted by Gasteiger charge is -2.02. The Labute approximate surface area is 141 Å². The predicted octanol–water partition coefficient (Wildman–Crippen LogP) is 7.68. The maximum absolute atomic E-state index is 3.89. The first kappa shape index (κ1) is 21.6. The Morgan fingerprint density at radius 2 is 0.636 bits per heavy atom. The van der Waals surface area contributed by atoms with E-state index in [1.54, 1.807) is 0 Å². The van der Waals surface area contributed by atoms with E-state index < -0.39 is 0 Å². The van der Waals surface area contributed by atoms with Crippen LogP contribution in [-0.4, -0.2) is 0 Å². The molecule has 0 rings (SSSR count). The Morgan fingerprint density at radius 3 is 1.05 bits per heavy atom. The third-order valence-corrected chi connectivity index (χ3v) is 4.23. The first-order valence-corrected chi connectivity index (χ1v) is 9.96. The summed E-state index contributed by atoms with van der Waals surface area (Å²) in [5.41, 5.74) is 0. The summed E-state index contributed by atoms with van der Waals surface area (Å²) < 4.78 is 0. The minimum atomic E-state index is 1.05. The zero-order valence-corrected chi connectivity index (χ0v) is 15.1. The van der Waals surface area contributed by atoms with Crippen molar-refractivity contribution in [3.63, 3.8) is 0 Å². The molecule has 128 valence electrons. The van der Waals surface area contributed by atoms with E-state index in [9.17, 15) is 0 Å². The van der Waals surface area contributed by atoms with Crippen LogP contribution in [0.4, 0.5) is 0 Å². The number of rotatable bonds is 16. The fraction of sp³-hybridized carbons (Fsp3) is 0.818. The standard InChI is InChI=1S/C22H40/c1-3-5-7-9-11-13-15-17-19-21-22-20-18-16-14-12-10-8-6-4-2/h1-11,13,15-22H2. The fourth-order valence-corrected chi connectivity index (χ4v) is 2.72. The quantitative estimate of drug-likeness (QED) is 0.202. The third-order valence-electron chi connectivity index (χ3n) is 4.23. The molecule has 0 aliphatic carbocycles. The maximum atomic E-state index is 3.89. The highest BCUT2D eigenvalue weighted by molar-refractivity contribution is 4.98. The molecule has 0 bridgehead atoms. The molecule has 0 amide bonds. The first-order chi connectivity index (χ1) is 10.9. The largest absolute Gasteiger partial charge is 0.103 e. The van der Waals surface area contributed by atoms with E-state index in [4.69, 9.17) is 0 Å². The minimum absolute atomic E-state index is 1.05. The molecular formula is C22H40. The third kappa shape index (κ3) is 19.6. The monoisotopic (exact) mass is 304 g/mol. The van der Waals surface area contributed by atoms with Crippen LogP contribution < -0.4 is 0 Å². The van der Waals surface area contributed by atoms with Crippen molar-refractivity contribution in [3.8, 4) is 11.8 Å². The smallest absolute Gasteiger partial charge is 0.00886 e. The van der Waals surface area contributed by atoms with Gasteiger partial charge in [0.05, 0.1) is 0 Å². The summed E-state index contributed by atoms with van der Waals surface area (Å²) in [6.45, 7) is 7.74. The van der Waals surface area contributed by atoms with E-state index in [1.807, 2.05) is 0 Å². The summed E-state index contributed by atoms with van der Waals surface area (Å²) in [6.07, 6.45) is 23.7. The molecule has 0 N–H and O–H groups in total. The maximum Gasteiger partial charge on any atom is 0.00886 e. The average molecular weight is 305 g/mol. The van der Waals surface area contributed by atoms with Crippen molar-refractivity contribution in [2.75, 3.05) is 0 Å². The molecule has 0 heteroatoms. The lowest BCUT2D eigenvalue weighted by molar-refractivity contribution is 0.542. The molecule has 0 unspecified atom stereocenters. The summed E-state index contributed by atoms with van der Waals surface area (Å²) in [6, 6.07) is 0. The first-order valence-electron chi connectivity index (χ1n) is 9.96. The van der Waals surface area contributed by atoms with Crippen LogP contribution in [0, 0.1) is 25.7 Å². The molecule has 0 spiro atoms. The van der Waals surface area contributed by atoms with Gasteiger partial charge < -0.3 is 0 Å². The molecule has 0 aromatic carbocycles. The topological polar surface area (TPSA) is 0 Å². The normalized spacial score (nSPS) is 10.5. The van der Waals surface area contributed by atoms with Gasteiger partial charge in [-0.3, -0.25) is 0 Å². The van der Waals surface area contributed by atoms with Crippen LogP contribution in [0.5, 0.6) is 0 Å². The average Bonchev–Trinajstić information content (AvgIpc) is 2.54. The molecular weight excluding hydrogens is 264 g/mol. The van der Waals surface area contributed by atoms with Crippen LogP contribution in [0.3, 0.4) is 0 Å². The van der Waals surface area contributed by atoms with Crippen LogP contribution in [0.25, 0.3) is 0 Å². The molecule has 0 heterocycles. The van der Waals surface area contributed by atoms with Gasteiger partial charge in [0.1, 0.15) is 0 Å². The van der Waals surface area contributed by atoms with Crippen molar-refractivity contribution >= 4 is 0 Å². The summed E-state index contributed by atoms with van der Waals surface area (Å²) in [4.78, 5) is 0. The lowest BCUT2D eigenvalue weighted by atomic mass is 10.0. The van der Waals surface area contributed by atoms with E-state index in [0.29, 0.717) is 0 Å². The van der Waals surface area contributed by atoms with Gasteiger partial charge in [-0.15, -0.1) is 11.8 Å². The molecule has 2 radical (unpaired) electrons. The molecule has 0 aliphatic heterocycles. The van der Waals surface area contributed by atoms with Crippen molar-refractivity contribution in [1.82, 2.24) is 0 Å². The minimum Gasteiger partial charge on any atom is -0.103 e. The highest BCUT2D eigenvalue weighted by Crippen LogP contribution is 2.12. The summed E-state index contributed by atoms with van der Waals surface area (Å²) in [7, 11) is 0. The molecule has 0 atom stereocenters. The van der Waals surface area contributed by atoms with Gasteiger partial charge in [-0.2, -0.15) is 0 Å². The van der Waals surface area contributed by atoms with Crippen molar-refractivity contribution in [3.05, 3.63) is 13.8 Å². The van der Waals surface area contributed by atoms with Crippen molar-refractivity contribution in [1.29, 1.82) is 0 Å². The van der Waals surface area contributed by atoms with E-state index >= 15 is 0 Å². The van der Waals surface area contributed by atoms with Crippen LogP contribution in [0.1, 0.15) is 116 Å². The van der Waals surface area contributed by atoms with Crippen LogP contribution in [0.2, 0.25) is 0 Å². The summed E-state index contributed by atoms with van der Waals surface area (Å²) >= 11 is 0. The summed E-state index contributed by atoms with van der Waals surface area (Å²) in [5.74, 6) is 6.59. The lowest BCUT2D eigenvalue weighted by Crippen LogP contribution is -1.82. The molecule has 22 heavy (non-hydrogen) atoms. The van der Waals surface area contributed by atoms with Gasteiger partial charge >= 0.3 is 0 Å². The second-order valence-electron chi connectivity index (χ2n) is 6.51. The van der Waals surface area contributed by atoms with Crippen LogP contribution >= 0.6 is 0 Å². The summed E-state index contributed by atoms with van der Waals surface area (Å²) in [5, 5.41) is 0. The second-order valence-corrected chi connectivity index (χ2v) is 6.51. The molecule has 0 nitrogen and oxygen atoms in total.